The third kappa shape index (κ3) is 5.88. The molecule has 1 aromatic rings. The molecule has 0 spiro atoms. The first-order valence-electron chi connectivity index (χ1n) is 7.15. The largest absolute Gasteiger partial charge is 0.370 e. The Morgan fingerprint density at radius 3 is 2.55 bits per heavy atom. The van der Waals surface area contributed by atoms with Gasteiger partial charge in [0.05, 0.1) is 0 Å². The first kappa shape index (κ1) is 16.9. The normalized spacial score (nSPS) is 11.8. The van der Waals surface area contributed by atoms with Crippen molar-refractivity contribution in [1.82, 2.24) is 9.71 Å². The minimum atomic E-state index is -3.44. The van der Waals surface area contributed by atoms with E-state index >= 15 is 0 Å². The fourth-order valence-electron chi connectivity index (χ4n) is 1.70. The molecule has 1 heterocycles. The van der Waals surface area contributed by atoms with Crippen LogP contribution in [-0.2, 0) is 10.0 Å². The number of rotatable bonds is 9. The Balaban J connectivity index is 2.54. The zero-order valence-electron chi connectivity index (χ0n) is 12.5. The van der Waals surface area contributed by atoms with Gasteiger partial charge < -0.3 is 5.32 Å². The van der Waals surface area contributed by atoms with Crippen molar-refractivity contribution in [3.8, 4) is 0 Å². The van der Waals surface area contributed by atoms with Crippen molar-refractivity contribution in [2.24, 2.45) is 5.92 Å². The van der Waals surface area contributed by atoms with Crippen LogP contribution in [0.1, 0.15) is 40.0 Å². The van der Waals surface area contributed by atoms with Crippen LogP contribution in [0.4, 0.5) is 5.82 Å². The van der Waals surface area contributed by atoms with Gasteiger partial charge in [-0.05, 0) is 37.3 Å². The topological polar surface area (TPSA) is 71.1 Å². The molecule has 0 fully saturated rings. The highest BCUT2D eigenvalue weighted by molar-refractivity contribution is 7.89. The van der Waals surface area contributed by atoms with Crippen molar-refractivity contribution in [3.63, 3.8) is 0 Å². The molecule has 0 aromatic carbocycles. The van der Waals surface area contributed by atoms with Gasteiger partial charge in [0, 0.05) is 19.3 Å². The molecular formula is C14H25N3O2S. The summed E-state index contributed by atoms with van der Waals surface area (Å²) in [5.41, 5.74) is 0. The quantitative estimate of drug-likeness (QED) is 0.688. The molecule has 0 radical (unpaired) electrons. The second-order valence-electron chi connectivity index (χ2n) is 5.24. The van der Waals surface area contributed by atoms with Crippen LogP contribution in [0.3, 0.4) is 0 Å². The first-order valence-corrected chi connectivity index (χ1v) is 8.63. The standard InChI is InChI=1S/C14H25N3O2S/c1-4-9-15-14-8-7-13(11-16-14)20(18,19)17-10-5-6-12(2)3/h7-8,11-12,17H,4-6,9-10H2,1-3H3,(H,15,16). The van der Waals surface area contributed by atoms with Crippen LogP contribution in [0.25, 0.3) is 0 Å². The zero-order chi connectivity index (χ0) is 15.0. The minimum absolute atomic E-state index is 0.212. The van der Waals surface area contributed by atoms with Crippen LogP contribution in [0.15, 0.2) is 23.2 Å². The molecule has 0 aliphatic heterocycles. The maximum atomic E-state index is 12.0. The number of nitrogens with one attached hydrogen (secondary N) is 2. The van der Waals surface area contributed by atoms with E-state index in [1.54, 1.807) is 12.1 Å². The molecule has 1 rings (SSSR count). The summed E-state index contributed by atoms with van der Waals surface area (Å²) in [7, 11) is -3.44. The van der Waals surface area contributed by atoms with E-state index in [0.717, 1.165) is 25.8 Å². The number of nitrogens with zero attached hydrogens (tertiary/aromatic N) is 1. The SMILES string of the molecule is CCCNc1ccc(S(=O)(=O)NCCCC(C)C)cn1. The smallest absolute Gasteiger partial charge is 0.242 e. The number of hydrogen-bond acceptors (Lipinski definition) is 4. The lowest BCUT2D eigenvalue weighted by atomic mass is 10.1. The van der Waals surface area contributed by atoms with Crippen molar-refractivity contribution in [2.45, 2.75) is 44.9 Å². The third-order valence-electron chi connectivity index (χ3n) is 2.85. The fourth-order valence-corrected chi connectivity index (χ4v) is 2.72. The van der Waals surface area contributed by atoms with Crippen LogP contribution in [0, 0.1) is 5.92 Å². The molecule has 6 heteroatoms. The van der Waals surface area contributed by atoms with E-state index in [1.165, 1.54) is 6.20 Å². The molecule has 0 amide bonds. The Morgan fingerprint density at radius 1 is 1.25 bits per heavy atom. The van der Waals surface area contributed by atoms with E-state index in [4.69, 9.17) is 0 Å². The molecule has 0 saturated carbocycles. The van der Waals surface area contributed by atoms with Crippen molar-refractivity contribution in [3.05, 3.63) is 18.3 Å². The first-order chi connectivity index (χ1) is 9.45. The van der Waals surface area contributed by atoms with Gasteiger partial charge in [-0.15, -0.1) is 0 Å². The van der Waals surface area contributed by atoms with Gasteiger partial charge in [0.2, 0.25) is 10.0 Å². The number of pyridine rings is 1. The molecule has 5 nitrogen and oxygen atoms in total. The Bertz CT molecular complexity index is 484. The molecule has 114 valence electrons. The van der Waals surface area contributed by atoms with Gasteiger partial charge in [0.1, 0.15) is 10.7 Å². The fraction of sp³-hybridized carbons (Fsp3) is 0.643. The van der Waals surface area contributed by atoms with Crippen molar-refractivity contribution >= 4 is 15.8 Å². The molecular weight excluding hydrogens is 274 g/mol. The molecule has 2 N–H and O–H groups in total. The van der Waals surface area contributed by atoms with Crippen molar-refractivity contribution in [1.29, 1.82) is 0 Å². The van der Waals surface area contributed by atoms with E-state index in [9.17, 15) is 8.42 Å². The molecule has 0 saturated heterocycles. The predicted molar refractivity (Wildman–Crippen MR) is 82.3 cm³/mol. The van der Waals surface area contributed by atoms with Crippen LogP contribution < -0.4 is 10.0 Å². The predicted octanol–water partition coefficient (Wildman–Crippen LogP) is 2.62. The second-order valence-corrected chi connectivity index (χ2v) is 7.01. The molecule has 0 atom stereocenters. The summed E-state index contributed by atoms with van der Waals surface area (Å²) in [6.07, 6.45) is 4.25. The monoisotopic (exact) mass is 299 g/mol. The summed E-state index contributed by atoms with van der Waals surface area (Å²) in [5.74, 6) is 1.29. The van der Waals surface area contributed by atoms with Gasteiger partial charge in [-0.1, -0.05) is 20.8 Å². The summed E-state index contributed by atoms with van der Waals surface area (Å²) in [5, 5.41) is 3.11. The Labute approximate surface area is 122 Å². The van der Waals surface area contributed by atoms with Crippen LogP contribution in [0.5, 0.6) is 0 Å². The van der Waals surface area contributed by atoms with Gasteiger partial charge >= 0.3 is 0 Å². The van der Waals surface area contributed by atoms with Crippen LogP contribution in [0.2, 0.25) is 0 Å². The van der Waals surface area contributed by atoms with E-state index in [2.05, 4.69) is 35.8 Å². The maximum Gasteiger partial charge on any atom is 0.242 e. The Morgan fingerprint density at radius 2 is 2.00 bits per heavy atom. The molecule has 20 heavy (non-hydrogen) atoms. The van der Waals surface area contributed by atoms with Crippen molar-refractivity contribution < 1.29 is 8.42 Å². The zero-order valence-corrected chi connectivity index (χ0v) is 13.3. The summed E-state index contributed by atoms with van der Waals surface area (Å²) in [4.78, 5) is 4.32. The lowest BCUT2D eigenvalue weighted by Crippen LogP contribution is -2.25. The van der Waals surface area contributed by atoms with Gasteiger partial charge in [0.15, 0.2) is 0 Å². The number of anilines is 1. The molecule has 0 aliphatic carbocycles. The maximum absolute atomic E-state index is 12.0. The average Bonchev–Trinajstić information content (AvgIpc) is 2.42. The molecule has 1 aromatic heterocycles. The van der Waals surface area contributed by atoms with Crippen LogP contribution in [-0.4, -0.2) is 26.5 Å². The highest BCUT2D eigenvalue weighted by atomic mass is 32.2. The summed E-state index contributed by atoms with van der Waals surface area (Å²) in [6, 6.07) is 3.27. The van der Waals surface area contributed by atoms with Gasteiger partial charge in [-0.2, -0.15) is 0 Å². The highest BCUT2D eigenvalue weighted by Crippen LogP contribution is 2.11. The van der Waals surface area contributed by atoms with Crippen LogP contribution >= 0.6 is 0 Å². The Kier molecular flexibility index (Phi) is 6.95. The third-order valence-corrected chi connectivity index (χ3v) is 4.30. The van der Waals surface area contributed by atoms with Gasteiger partial charge in [0.25, 0.3) is 0 Å². The van der Waals surface area contributed by atoms with Gasteiger partial charge in [-0.25, -0.2) is 18.1 Å². The summed E-state index contributed by atoms with van der Waals surface area (Å²) >= 11 is 0. The van der Waals surface area contributed by atoms with E-state index in [0.29, 0.717) is 18.3 Å². The number of aromatic nitrogens is 1. The van der Waals surface area contributed by atoms with E-state index in [-0.39, 0.29) is 4.90 Å². The lowest BCUT2D eigenvalue weighted by Gasteiger charge is -2.09. The minimum Gasteiger partial charge on any atom is -0.370 e. The summed E-state index contributed by atoms with van der Waals surface area (Å²) in [6.45, 7) is 7.61. The summed E-state index contributed by atoms with van der Waals surface area (Å²) < 4.78 is 26.7. The Hall–Kier alpha value is -1.14. The second kappa shape index (κ2) is 8.21. The van der Waals surface area contributed by atoms with E-state index < -0.39 is 10.0 Å². The molecule has 0 aliphatic rings. The van der Waals surface area contributed by atoms with Crippen molar-refractivity contribution in [2.75, 3.05) is 18.4 Å². The van der Waals surface area contributed by atoms with Gasteiger partial charge in [-0.3, -0.25) is 0 Å². The molecule has 0 bridgehead atoms. The number of sulfonamides is 1. The number of hydrogen-bond donors (Lipinski definition) is 2. The highest BCUT2D eigenvalue weighted by Gasteiger charge is 2.13. The lowest BCUT2D eigenvalue weighted by molar-refractivity contribution is 0.540. The molecule has 0 unspecified atom stereocenters. The average molecular weight is 299 g/mol. The van der Waals surface area contributed by atoms with E-state index in [1.807, 2.05) is 0 Å².